The van der Waals surface area contributed by atoms with Crippen LogP contribution in [0.15, 0.2) is 61.2 Å². The van der Waals surface area contributed by atoms with Crippen LogP contribution in [0.3, 0.4) is 0 Å². The molecule has 0 aliphatic heterocycles. The number of halogens is 3. The molecule has 148 valence electrons. The minimum Gasteiger partial charge on any atom is -0.307 e. The summed E-state index contributed by atoms with van der Waals surface area (Å²) in [5.41, 5.74) is 3.68. The van der Waals surface area contributed by atoms with Gasteiger partial charge in [0.1, 0.15) is 11.3 Å². The number of aromatic nitrogens is 5. The molecule has 0 N–H and O–H groups in total. The Morgan fingerprint density at radius 3 is 2.70 bits per heavy atom. The molecule has 5 rings (SSSR count). The molecule has 0 aliphatic carbocycles. The summed E-state index contributed by atoms with van der Waals surface area (Å²) in [6.45, 7) is 1.96. The molecule has 0 radical (unpaired) electrons. The van der Waals surface area contributed by atoms with E-state index in [0.717, 1.165) is 16.5 Å². The molecule has 3 aromatic heterocycles. The quantitative estimate of drug-likeness (QED) is 0.342. The van der Waals surface area contributed by atoms with Crippen molar-refractivity contribution in [3.63, 3.8) is 0 Å². The highest BCUT2D eigenvalue weighted by atomic mass is 35.5. The van der Waals surface area contributed by atoms with Crippen LogP contribution in [0.4, 0.5) is 4.39 Å². The molecule has 8 heteroatoms. The molecule has 0 fully saturated rings. The first-order valence-electron chi connectivity index (χ1n) is 9.20. The standard InChI is InChI=1S/C22H14Cl2FN5/c1-12(15-7-14-3-2-6-26-20(14)18(25)9-15)30-11-28-21-22(30)29-19(10-27-21)13-4-5-16(23)17(24)8-13/h2-12H,1H3. The molecule has 5 aromatic rings. The Labute approximate surface area is 181 Å². The number of imidazole rings is 1. The number of pyridine rings is 1. The van der Waals surface area contributed by atoms with E-state index in [1.165, 1.54) is 6.07 Å². The second kappa shape index (κ2) is 7.31. The highest BCUT2D eigenvalue weighted by Crippen LogP contribution is 2.30. The Kier molecular flexibility index (Phi) is 4.60. The van der Waals surface area contributed by atoms with Crippen LogP contribution >= 0.6 is 23.2 Å². The van der Waals surface area contributed by atoms with Gasteiger partial charge in [0, 0.05) is 17.1 Å². The Morgan fingerprint density at radius 2 is 1.87 bits per heavy atom. The Morgan fingerprint density at radius 1 is 1.00 bits per heavy atom. The van der Waals surface area contributed by atoms with Gasteiger partial charge in [0.05, 0.1) is 34.3 Å². The van der Waals surface area contributed by atoms with Crippen molar-refractivity contribution in [1.82, 2.24) is 24.5 Å². The lowest BCUT2D eigenvalue weighted by molar-refractivity contribution is 0.616. The van der Waals surface area contributed by atoms with Gasteiger partial charge in [-0.25, -0.2) is 19.3 Å². The van der Waals surface area contributed by atoms with Gasteiger partial charge in [0.25, 0.3) is 0 Å². The Balaban J connectivity index is 1.61. The van der Waals surface area contributed by atoms with Gasteiger partial charge in [0.15, 0.2) is 11.3 Å². The first-order valence-corrected chi connectivity index (χ1v) is 9.96. The van der Waals surface area contributed by atoms with Gasteiger partial charge in [-0.15, -0.1) is 0 Å². The molecule has 0 saturated carbocycles. The van der Waals surface area contributed by atoms with Crippen molar-refractivity contribution in [2.45, 2.75) is 13.0 Å². The van der Waals surface area contributed by atoms with Gasteiger partial charge in [0.2, 0.25) is 0 Å². The average Bonchev–Trinajstić information content (AvgIpc) is 3.18. The van der Waals surface area contributed by atoms with E-state index >= 15 is 0 Å². The summed E-state index contributed by atoms with van der Waals surface area (Å²) in [7, 11) is 0. The predicted octanol–water partition coefficient (Wildman–Crippen LogP) is 6.10. The van der Waals surface area contributed by atoms with Crippen molar-refractivity contribution in [2.75, 3.05) is 0 Å². The second-order valence-electron chi connectivity index (χ2n) is 6.94. The zero-order valence-corrected chi connectivity index (χ0v) is 17.2. The third-order valence-corrected chi connectivity index (χ3v) is 5.82. The minimum absolute atomic E-state index is 0.215. The normalized spacial score (nSPS) is 12.5. The van der Waals surface area contributed by atoms with E-state index in [0.29, 0.717) is 32.6 Å². The lowest BCUT2D eigenvalue weighted by atomic mass is 10.0. The molecule has 30 heavy (non-hydrogen) atoms. The second-order valence-corrected chi connectivity index (χ2v) is 7.75. The van der Waals surface area contributed by atoms with E-state index in [1.807, 2.05) is 29.7 Å². The van der Waals surface area contributed by atoms with E-state index in [4.69, 9.17) is 28.2 Å². The van der Waals surface area contributed by atoms with Gasteiger partial charge in [-0.1, -0.05) is 35.3 Å². The van der Waals surface area contributed by atoms with Gasteiger partial charge >= 0.3 is 0 Å². The lowest BCUT2D eigenvalue weighted by Crippen LogP contribution is -2.07. The largest absolute Gasteiger partial charge is 0.307 e. The molecular formula is C22H14Cl2FN5. The molecule has 0 bridgehead atoms. The maximum atomic E-state index is 14.6. The van der Waals surface area contributed by atoms with Crippen LogP contribution in [-0.2, 0) is 0 Å². The molecular weight excluding hydrogens is 424 g/mol. The summed E-state index contributed by atoms with van der Waals surface area (Å²) in [6, 6.07) is 12.1. The lowest BCUT2D eigenvalue weighted by Gasteiger charge is -2.15. The van der Waals surface area contributed by atoms with E-state index in [9.17, 15) is 4.39 Å². The van der Waals surface area contributed by atoms with Crippen molar-refractivity contribution in [2.24, 2.45) is 0 Å². The fourth-order valence-corrected chi connectivity index (χ4v) is 3.76. The van der Waals surface area contributed by atoms with Crippen molar-refractivity contribution in [3.8, 4) is 11.3 Å². The van der Waals surface area contributed by atoms with Crippen LogP contribution in [-0.4, -0.2) is 24.5 Å². The summed E-state index contributed by atoms with van der Waals surface area (Å²) in [6.07, 6.45) is 4.89. The van der Waals surface area contributed by atoms with Crippen LogP contribution < -0.4 is 0 Å². The van der Waals surface area contributed by atoms with Crippen LogP contribution in [0.5, 0.6) is 0 Å². The van der Waals surface area contributed by atoms with E-state index in [2.05, 4.69) is 15.0 Å². The summed E-state index contributed by atoms with van der Waals surface area (Å²) >= 11 is 12.2. The maximum Gasteiger partial charge on any atom is 0.197 e. The Bertz CT molecular complexity index is 1420. The van der Waals surface area contributed by atoms with Crippen molar-refractivity contribution >= 4 is 45.4 Å². The molecule has 0 aliphatic rings. The van der Waals surface area contributed by atoms with E-state index in [1.54, 1.807) is 36.9 Å². The molecule has 1 atom stereocenters. The van der Waals surface area contributed by atoms with Crippen LogP contribution in [0.25, 0.3) is 33.5 Å². The molecule has 5 nitrogen and oxygen atoms in total. The van der Waals surface area contributed by atoms with Crippen LogP contribution in [0, 0.1) is 5.82 Å². The number of fused-ring (bicyclic) bond motifs is 2. The summed E-state index contributed by atoms with van der Waals surface area (Å²) in [5, 5.41) is 1.66. The van der Waals surface area contributed by atoms with Gasteiger partial charge in [-0.3, -0.25) is 4.98 Å². The molecule has 1 unspecified atom stereocenters. The fourth-order valence-electron chi connectivity index (χ4n) is 3.46. The number of hydrogen-bond acceptors (Lipinski definition) is 4. The molecule has 3 heterocycles. The van der Waals surface area contributed by atoms with Crippen LogP contribution in [0.2, 0.25) is 10.0 Å². The number of nitrogens with zero attached hydrogens (tertiary/aromatic N) is 5. The van der Waals surface area contributed by atoms with Crippen LogP contribution in [0.1, 0.15) is 18.5 Å². The maximum absolute atomic E-state index is 14.6. The molecule has 0 spiro atoms. The molecule has 0 saturated heterocycles. The highest BCUT2D eigenvalue weighted by Gasteiger charge is 2.17. The van der Waals surface area contributed by atoms with E-state index < -0.39 is 0 Å². The Hall–Kier alpha value is -3.09. The highest BCUT2D eigenvalue weighted by molar-refractivity contribution is 6.42. The number of hydrogen-bond donors (Lipinski definition) is 0. The van der Waals surface area contributed by atoms with E-state index in [-0.39, 0.29) is 11.9 Å². The van der Waals surface area contributed by atoms with Crippen molar-refractivity contribution in [3.05, 3.63) is 82.6 Å². The number of rotatable bonds is 3. The van der Waals surface area contributed by atoms with Gasteiger partial charge in [-0.05, 0) is 42.8 Å². The molecule has 0 amide bonds. The third kappa shape index (κ3) is 3.18. The third-order valence-electron chi connectivity index (χ3n) is 5.08. The topological polar surface area (TPSA) is 56.5 Å². The molecule has 2 aromatic carbocycles. The summed E-state index contributed by atoms with van der Waals surface area (Å²) < 4.78 is 16.5. The number of benzene rings is 2. The smallest absolute Gasteiger partial charge is 0.197 e. The fraction of sp³-hybridized carbons (Fsp3) is 0.0909. The average molecular weight is 438 g/mol. The van der Waals surface area contributed by atoms with Gasteiger partial charge in [-0.2, -0.15) is 0 Å². The monoisotopic (exact) mass is 437 g/mol. The summed E-state index contributed by atoms with van der Waals surface area (Å²) in [5.74, 6) is -0.359. The minimum atomic E-state index is -0.359. The van der Waals surface area contributed by atoms with Gasteiger partial charge < -0.3 is 4.57 Å². The zero-order valence-electron chi connectivity index (χ0n) is 15.7. The van der Waals surface area contributed by atoms with Crippen molar-refractivity contribution in [1.29, 1.82) is 0 Å². The van der Waals surface area contributed by atoms with Crippen molar-refractivity contribution < 1.29 is 4.39 Å². The first kappa shape index (κ1) is 18.9. The summed E-state index contributed by atoms with van der Waals surface area (Å²) in [4.78, 5) is 17.6. The first-order chi connectivity index (χ1) is 14.5. The zero-order chi connectivity index (χ0) is 20.8. The predicted molar refractivity (Wildman–Crippen MR) is 116 cm³/mol. The SMILES string of the molecule is CC(c1cc(F)c2ncccc2c1)n1cnc2ncc(-c3ccc(Cl)c(Cl)c3)nc21.